The van der Waals surface area contributed by atoms with Gasteiger partial charge in [0.1, 0.15) is 5.60 Å². The molecule has 0 aliphatic rings. The molecule has 1 amide bonds. The van der Waals surface area contributed by atoms with Crippen LogP contribution in [0.5, 0.6) is 0 Å². The van der Waals surface area contributed by atoms with E-state index in [1.54, 1.807) is 0 Å². The van der Waals surface area contributed by atoms with E-state index in [4.69, 9.17) is 4.74 Å². The zero-order chi connectivity index (χ0) is 14.2. The molecule has 0 aliphatic heterocycles. The smallest absolute Gasteiger partial charge is 0.407 e. The van der Waals surface area contributed by atoms with E-state index in [1.807, 2.05) is 20.8 Å². The van der Waals surface area contributed by atoms with Crippen LogP contribution in [0.3, 0.4) is 0 Å². The SMILES string of the molecule is CCCC(CNC(=O)OC(C)(C)C)NC(C)CC. The third kappa shape index (κ3) is 9.28. The number of hydrogen-bond acceptors (Lipinski definition) is 3. The van der Waals surface area contributed by atoms with Gasteiger partial charge in [-0.2, -0.15) is 0 Å². The van der Waals surface area contributed by atoms with E-state index in [-0.39, 0.29) is 6.09 Å². The van der Waals surface area contributed by atoms with Crippen molar-refractivity contribution in [3.8, 4) is 0 Å². The molecule has 0 bridgehead atoms. The van der Waals surface area contributed by atoms with Crippen molar-refractivity contribution in [1.82, 2.24) is 10.6 Å². The van der Waals surface area contributed by atoms with Gasteiger partial charge in [-0.1, -0.05) is 20.3 Å². The number of ether oxygens (including phenoxy) is 1. The van der Waals surface area contributed by atoms with Crippen molar-refractivity contribution >= 4 is 6.09 Å². The molecule has 18 heavy (non-hydrogen) atoms. The molecular weight excluding hydrogens is 228 g/mol. The van der Waals surface area contributed by atoms with Crippen molar-refractivity contribution in [3.63, 3.8) is 0 Å². The van der Waals surface area contributed by atoms with Gasteiger partial charge in [0.2, 0.25) is 0 Å². The van der Waals surface area contributed by atoms with Crippen LogP contribution in [-0.2, 0) is 4.74 Å². The molecule has 0 fully saturated rings. The minimum absolute atomic E-state index is 0.317. The van der Waals surface area contributed by atoms with Crippen LogP contribution in [0.15, 0.2) is 0 Å². The van der Waals surface area contributed by atoms with Crippen LogP contribution in [0.2, 0.25) is 0 Å². The summed E-state index contributed by atoms with van der Waals surface area (Å²) in [6.07, 6.45) is 2.91. The second kappa shape index (κ2) is 8.35. The fraction of sp³-hybridized carbons (Fsp3) is 0.929. The predicted molar refractivity (Wildman–Crippen MR) is 75.8 cm³/mol. The van der Waals surface area contributed by atoms with Gasteiger partial charge >= 0.3 is 6.09 Å². The van der Waals surface area contributed by atoms with Crippen LogP contribution in [0.1, 0.15) is 60.8 Å². The van der Waals surface area contributed by atoms with Crippen molar-refractivity contribution in [1.29, 1.82) is 0 Å². The Bertz CT molecular complexity index is 236. The Hall–Kier alpha value is -0.770. The lowest BCUT2D eigenvalue weighted by atomic mass is 10.1. The maximum absolute atomic E-state index is 11.6. The zero-order valence-electron chi connectivity index (χ0n) is 12.8. The Kier molecular flexibility index (Phi) is 8.00. The molecule has 0 rings (SSSR count). The van der Waals surface area contributed by atoms with Crippen LogP contribution in [0.4, 0.5) is 4.79 Å². The van der Waals surface area contributed by atoms with Gasteiger partial charge in [-0.15, -0.1) is 0 Å². The van der Waals surface area contributed by atoms with E-state index < -0.39 is 5.60 Å². The molecule has 4 heteroatoms. The van der Waals surface area contributed by atoms with E-state index in [0.717, 1.165) is 19.3 Å². The Balaban J connectivity index is 4.06. The molecule has 108 valence electrons. The van der Waals surface area contributed by atoms with Gasteiger partial charge < -0.3 is 15.4 Å². The van der Waals surface area contributed by atoms with Crippen LogP contribution < -0.4 is 10.6 Å². The Labute approximate surface area is 112 Å². The monoisotopic (exact) mass is 258 g/mol. The van der Waals surface area contributed by atoms with Crippen LogP contribution in [0, 0.1) is 0 Å². The maximum Gasteiger partial charge on any atom is 0.407 e. The van der Waals surface area contributed by atoms with Gasteiger partial charge in [-0.05, 0) is 40.5 Å². The predicted octanol–water partition coefficient (Wildman–Crippen LogP) is 3.07. The van der Waals surface area contributed by atoms with Crippen molar-refractivity contribution in [3.05, 3.63) is 0 Å². The second-order valence-corrected chi connectivity index (χ2v) is 5.84. The molecule has 0 aromatic heterocycles. The fourth-order valence-electron chi connectivity index (χ4n) is 1.63. The third-order valence-corrected chi connectivity index (χ3v) is 2.66. The lowest BCUT2D eigenvalue weighted by molar-refractivity contribution is 0.0521. The highest BCUT2D eigenvalue weighted by atomic mass is 16.6. The second-order valence-electron chi connectivity index (χ2n) is 5.84. The summed E-state index contributed by atoms with van der Waals surface area (Å²) in [7, 11) is 0. The van der Waals surface area contributed by atoms with Crippen LogP contribution in [-0.4, -0.2) is 30.3 Å². The number of nitrogens with one attached hydrogen (secondary N) is 2. The van der Waals surface area contributed by atoms with Gasteiger partial charge in [0.25, 0.3) is 0 Å². The van der Waals surface area contributed by atoms with E-state index in [9.17, 15) is 4.79 Å². The Morgan fingerprint density at radius 2 is 1.89 bits per heavy atom. The quantitative estimate of drug-likeness (QED) is 0.738. The van der Waals surface area contributed by atoms with Crippen LogP contribution >= 0.6 is 0 Å². The average Bonchev–Trinajstić information content (AvgIpc) is 2.23. The summed E-state index contributed by atoms with van der Waals surface area (Å²) in [6.45, 7) is 12.7. The maximum atomic E-state index is 11.6. The van der Waals surface area contributed by atoms with Gasteiger partial charge in [0, 0.05) is 18.6 Å². The largest absolute Gasteiger partial charge is 0.444 e. The lowest BCUT2D eigenvalue weighted by Gasteiger charge is -2.24. The lowest BCUT2D eigenvalue weighted by Crippen LogP contribution is -2.45. The first-order valence-corrected chi connectivity index (χ1v) is 7.01. The summed E-state index contributed by atoms with van der Waals surface area (Å²) in [5.41, 5.74) is -0.436. The fourth-order valence-corrected chi connectivity index (χ4v) is 1.63. The number of hydrogen-bond donors (Lipinski definition) is 2. The zero-order valence-corrected chi connectivity index (χ0v) is 12.8. The first-order chi connectivity index (χ1) is 8.28. The highest BCUT2D eigenvalue weighted by Crippen LogP contribution is 2.06. The number of amides is 1. The van der Waals surface area contributed by atoms with E-state index in [2.05, 4.69) is 31.4 Å². The summed E-state index contributed by atoms with van der Waals surface area (Å²) in [5.74, 6) is 0. The van der Waals surface area contributed by atoms with E-state index in [1.165, 1.54) is 0 Å². The average molecular weight is 258 g/mol. The third-order valence-electron chi connectivity index (χ3n) is 2.66. The van der Waals surface area contributed by atoms with Gasteiger partial charge in [0.15, 0.2) is 0 Å². The standard InChI is InChI=1S/C14H30N2O2/c1-7-9-12(16-11(3)8-2)10-15-13(17)18-14(4,5)6/h11-12,16H,7-10H2,1-6H3,(H,15,17). The molecule has 0 radical (unpaired) electrons. The minimum Gasteiger partial charge on any atom is -0.444 e. The molecular formula is C14H30N2O2. The van der Waals surface area contributed by atoms with Gasteiger partial charge in [-0.3, -0.25) is 0 Å². The normalized spacial score (nSPS) is 15.0. The van der Waals surface area contributed by atoms with Crippen molar-refractivity contribution < 1.29 is 9.53 Å². The molecule has 0 spiro atoms. The molecule has 0 aromatic rings. The molecule has 4 nitrogen and oxygen atoms in total. The minimum atomic E-state index is -0.436. The highest BCUT2D eigenvalue weighted by molar-refractivity contribution is 5.67. The molecule has 2 atom stereocenters. The topological polar surface area (TPSA) is 50.4 Å². The molecule has 0 heterocycles. The number of carbonyl (C=O) groups excluding carboxylic acids is 1. The molecule has 2 N–H and O–H groups in total. The molecule has 0 aliphatic carbocycles. The summed E-state index contributed by atoms with van der Waals surface area (Å²) in [6, 6.07) is 0.791. The molecule has 0 saturated carbocycles. The van der Waals surface area contributed by atoms with Crippen molar-refractivity contribution in [2.45, 2.75) is 78.5 Å². The van der Waals surface area contributed by atoms with Crippen molar-refractivity contribution in [2.24, 2.45) is 0 Å². The number of carbonyl (C=O) groups is 1. The summed E-state index contributed by atoms with van der Waals surface area (Å²) in [5, 5.41) is 6.35. The Morgan fingerprint density at radius 3 is 2.33 bits per heavy atom. The van der Waals surface area contributed by atoms with Crippen molar-refractivity contribution in [2.75, 3.05) is 6.54 Å². The number of alkyl carbamates (subject to hydrolysis) is 1. The highest BCUT2D eigenvalue weighted by Gasteiger charge is 2.17. The first-order valence-electron chi connectivity index (χ1n) is 7.01. The van der Waals surface area contributed by atoms with Gasteiger partial charge in [0.05, 0.1) is 0 Å². The summed E-state index contributed by atoms with van der Waals surface area (Å²) >= 11 is 0. The van der Waals surface area contributed by atoms with E-state index in [0.29, 0.717) is 18.6 Å². The first kappa shape index (κ1) is 17.2. The summed E-state index contributed by atoms with van der Waals surface area (Å²) in [4.78, 5) is 11.6. The van der Waals surface area contributed by atoms with E-state index >= 15 is 0 Å². The Morgan fingerprint density at radius 1 is 1.28 bits per heavy atom. The van der Waals surface area contributed by atoms with Gasteiger partial charge in [-0.25, -0.2) is 4.79 Å². The van der Waals surface area contributed by atoms with Crippen LogP contribution in [0.25, 0.3) is 0 Å². The molecule has 2 unspecified atom stereocenters. The molecule has 0 saturated heterocycles. The molecule has 0 aromatic carbocycles. The number of rotatable bonds is 7. The summed E-state index contributed by atoms with van der Waals surface area (Å²) < 4.78 is 5.22.